The second-order valence-electron chi connectivity index (χ2n) is 3.85. The van der Waals surface area contributed by atoms with Crippen LogP contribution in [0, 0.1) is 13.8 Å². The Morgan fingerprint density at radius 1 is 1.35 bits per heavy atom. The van der Waals surface area contributed by atoms with Gasteiger partial charge in [0.1, 0.15) is 5.82 Å². The highest BCUT2D eigenvalue weighted by Gasteiger charge is 2.13. The lowest BCUT2D eigenvalue weighted by Crippen LogP contribution is -2.09. The van der Waals surface area contributed by atoms with E-state index in [0.717, 1.165) is 10.7 Å². The number of aryl methyl sites for hydroxylation is 2. The number of nitrogen functional groups attached to an aromatic ring is 1. The third-order valence-electron chi connectivity index (χ3n) is 2.36. The van der Waals surface area contributed by atoms with E-state index in [1.807, 2.05) is 13.8 Å². The van der Waals surface area contributed by atoms with Crippen molar-refractivity contribution in [2.75, 3.05) is 11.1 Å². The molecule has 1 unspecified atom stereocenters. The van der Waals surface area contributed by atoms with E-state index in [1.165, 1.54) is 4.88 Å². The molecule has 17 heavy (non-hydrogen) atoms. The molecule has 0 spiro atoms. The average Bonchev–Trinajstić information content (AvgIpc) is 2.58. The summed E-state index contributed by atoms with van der Waals surface area (Å²) in [7, 11) is 0. The molecule has 5 nitrogen and oxygen atoms in total. The molecule has 2 aromatic heterocycles. The van der Waals surface area contributed by atoms with E-state index in [-0.39, 0.29) is 6.04 Å². The summed E-state index contributed by atoms with van der Waals surface area (Å²) in [4.78, 5) is 13.8. The fourth-order valence-electron chi connectivity index (χ4n) is 1.65. The van der Waals surface area contributed by atoms with Crippen LogP contribution in [0.25, 0.3) is 0 Å². The quantitative estimate of drug-likeness (QED) is 0.872. The van der Waals surface area contributed by atoms with Crippen LogP contribution >= 0.6 is 11.3 Å². The van der Waals surface area contributed by atoms with Crippen molar-refractivity contribution in [1.82, 2.24) is 15.0 Å². The van der Waals surface area contributed by atoms with Crippen molar-refractivity contribution in [2.24, 2.45) is 0 Å². The molecule has 0 saturated carbocycles. The normalized spacial score (nSPS) is 12.4. The summed E-state index contributed by atoms with van der Waals surface area (Å²) < 4.78 is 0. The molecule has 0 amide bonds. The van der Waals surface area contributed by atoms with Crippen LogP contribution < -0.4 is 11.1 Å². The van der Waals surface area contributed by atoms with Gasteiger partial charge in [-0.2, -0.15) is 4.98 Å². The largest absolute Gasteiger partial charge is 0.384 e. The molecule has 0 fully saturated rings. The van der Waals surface area contributed by atoms with Gasteiger partial charge in [-0.1, -0.05) is 0 Å². The van der Waals surface area contributed by atoms with Crippen LogP contribution in [0.2, 0.25) is 0 Å². The van der Waals surface area contributed by atoms with Gasteiger partial charge in [-0.15, -0.1) is 11.3 Å². The first-order valence-corrected chi connectivity index (χ1v) is 6.17. The molecule has 2 aromatic rings. The summed E-state index contributed by atoms with van der Waals surface area (Å²) in [6.07, 6.45) is 1.64. The molecule has 2 heterocycles. The molecule has 90 valence electrons. The number of nitrogens with zero attached hydrogens (tertiary/aromatic N) is 3. The second kappa shape index (κ2) is 4.67. The van der Waals surface area contributed by atoms with Gasteiger partial charge in [0.25, 0.3) is 0 Å². The van der Waals surface area contributed by atoms with Crippen molar-refractivity contribution >= 4 is 23.1 Å². The Morgan fingerprint density at radius 2 is 2.12 bits per heavy atom. The minimum atomic E-state index is 0.128. The third kappa shape index (κ3) is 2.71. The minimum Gasteiger partial charge on any atom is -0.384 e. The fourth-order valence-corrected chi connectivity index (χ4v) is 2.58. The summed E-state index contributed by atoms with van der Waals surface area (Å²) in [5.41, 5.74) is 6.66. The fraction of sp³-hybridized carbons (Fsp3) is 0.364. The Morgan fingerprint density at radius 3 is 2.71 bits per heavy atom. The van der Waals surface area contributed by atoms with Crippen LogP contribution in [0.5, 0.6) is 0 Å². The molecular weight excluding hydrogens is 234 g/mol. The van der Waals surface area contributed by atoms with Crippen molar-refractivity contribution in [3.63, 3.8) is 0 Å². The zero-order chi connectivity index (χ0) is 12.4. The second-order valence-corrected chi connectivity index (χ2v) is 5.09. The lowest BCUT2D eigenvalue weighted by molar-refractivity contribution is 0.867. The molecule has 0 aliphatic heterocycles. The predicted octanol–water partition coefficient (Wildman–Crippen LogP) is 2.31. The lowest BCUT2D eigenvalue weighted by Gasteiger charge is -2.12. The van der Waals surface area contributed by atoms with Gasteiger partial charge in [-0.25, -0.2) is 9.97 Å². The summed E-state index contributed by atoms with van der Waals surface area (Å²) in [6.45, 7) is 6.08. The first-order chi connectivity index (χ1) is 8.06. The molecule has 0 aromatic carbocycles. The smallest absolute Gasteiger partial charge is 0.225 e. The number of nitrogens with one attached hydrogen (secondary N) is 1. The molecule has 0 aliphatic carbocycles. The van der Waals surface area contributed by atoms with Gasteiger partial charge in [-0.05, 0) is 26.8 Å². The highest BCUT2D eigenvalue weighted by molar-refractivity contribution is 7.11. The number of anilines is 2. The molecule has 0 bridgehead atoms. The third-order valence-corrected chi connectivity index (χ3v) is 3.61. The Kier molecular flexibility index (Phi) is 3.23. The van der Waals surface area contributed by atoms with Crippen molar-refractivity contribution in [1.29, 1.82) is 0 Å². The highest BCUT2D eigenvalue weighted by Crippen LogP contribution is 2.26. The number of thiazole rings is 1. The van der Waals surface area contributed by atoms with Gasteiger partial charge >= 0.3 is 0 Å². The Labute approximate surface area is 104 Å². The van der Waals surface area contributed by atoms with E-state index < -0.39 is 0 Å². The van der Waals surface area contributed by atoms with Crippen LogP contribution in [0.3, 0.4) is 0 Å². The topological polar surface area (TPSA) is 76.7 Å². The first-order valence-electron chi connectivity index (χ1n) is 5.35. The van der Waals surface area contributed by atoms with Crippen LogP contribution in [0.4, 0.5) is 11.8 Å². The average molecular weight is 249 g/mol. The maximum Gasteiger partial charge on any atom is 0.225 e. The number of hydrogen-bond acceptors (Lipinski definition) is 6. The lowest BCUT2D eigenvalue weighted by atomic mass is 10.2. The van der Waals surface area contributed by atoms with E-state index in [0.29, 0.717) is 11.8 Å². The molecular formula is C11H15N5S. The van der Waals surface area contributed by atoms with E-state index in [4.69, 9.17) is 5.73 Å². The summed E-state index contributed by atoms with van der Waals surface area (Å²) in [5, 5.41) is 4.29. The standard InChI is InChI=1S/C11H15N5S/c1-6-10(17-8(3)14-6)7(2)15-11-13-5-4-9(12)16-11/h4-5,7H,1-3H3,(H3,12,13,15,16). The van der Waals surface area contributed by atoms with E-state index >= 15 is 0 Å². The van der Waals surface area contributed by atoms with Gasteiger partial charge in [0.2, 0.25) is 5.95 Å². The molecule has 3 N–H and O–H groups in total. The maximum atomic E-state index is 5.61. The number of rotatable bonds is 3. The van der Waals surface area contributed by atoms with Crippen molar-refractivity contribution in [2.45, 2.75) is 26.8 Å². The maximum absolute atomic E-state index is 5.61. The van der Waals surface area contributed by atoms with Crippen LogP contribution in [0.15, 0.2) is 12.3 Å². The predicted molar refractivity (Wildman–Crippen MR) is 70.1 cm³/mol. The van der Waals surface area contributed by atoms with Crippen LogP contribution in [-0.4, -0.2) is 15.0 Å². The summed E-state index contributed by atoms with van der Waals surface area (Å²) in [6, 6.07) is 1.79. The molecule has 1 atom stereocenters. The van der Waals surface area contributed by atoms with E-state index in [9.17, 15) is 0 Å². The molecule has 6 heteroatoms. The van der Waals surface area contributed by atoms with Gasteiger partial charge in [0, 0.05) is 11.1 Å². The SMILES string of the molecule is Cc1nc(C)c(C(C)Nc2nccc(N)n2)s1. The Bertz CT molecular complexity index is 522. The van der Waals surface area contributed by atoms with Gasteiger partial charge in [0.15, 0.2) is 0 Å². The molecule has 0 aliphatic rings. The minimum absolute atomic E-state index is 0.128. The summed E-state index contributed by atoms with van der Waals surface area (Å²) in [5.74, 6) is 1.01. The van der Waals surface area contributed by atoms with Gasteiger partial charge < -0.3 is 11.1 Å². The monoisotopic (exact) mass is 249 g/mol. The number of aromatic nitrogens is 3. The van der Waals surface area contributed by atoms with Crippen molar-refractivity contribution in [3.8, 4) is 0 Å². The van der Waals surface area contributed by atoms with Crippen molar-refractivity contribution in [3.05, 3.63) is 27.8 Å². The van der Waals surface area contributed by atoms with Gasteiger partial charge in [0.05, 0.1) is 16.7 Å². The van der Waals surface area contributed by atoms with Crippen molar-refractivity contribution < 1.29 is 0 Å². The van der Waals surface area contributed by atoms with Crippen LogP contribution in [-0.2, 0) is 0 Å². The van der Waals surface area contributed by atoms with E-state index in [2.05, 4.69) is 27.2 Å². The van der Waals surface area contributed by atoms with Crippen LogP contribution in [0.1, 0.15) is 28.5 Å². The first kappa shape index (κ1) is 11.8. The zero-order valence-electron chi connectivity index (χ0n) is 10.1. The highest BCUT2D eigenvalue weighted by atomic mass is 32.1. The molecule has 0 saturated heterocycles. The van der Waals surface area contributed by atoms with Gasteiger partial charge in [-0.3, -0.25) is 0 Å². The summed E-state index contributed by atoms with van der Waals surface area (Å²) >= 11 is 1.69. The number of hydrogen-bond donors (Lipinski definition) is 2. The Hall–Kier alpha value is -1.69. The molecule has 0 radical (unpaired) electrons. The number of nitrogens with two attached hydrogens (primary N) is 1. The molecule has 2 rings (SSSR count). The zero-order valence-corrected chi connectivity index (χ0v) is 10.9. The Balaban J connectivity index is 2.16. The van der Waals surface area contributed by atoms with E-state index in [1.54, 1.807) is 23.6 Å².